The van der Waals surface area contributed by atoms with Gasteiger partial charge in [0.1, 0.15) is 0 Å². The maximum Gasteiger partial charge on any atom is 2.00 e. The first-order chi connectivity index (χ1) is 1.73. The fraction of sp³-hybridized carbons (Fsp3) is 0. The maximum absolute atomic E-state index is 8.42. The van der Waals surface area contributed by atoms with Gasteiger partial charge >= 0.3 is 20.2 Å². The first kappa shape index (κ1) is 27.0. The quantitative estimate of drug-likeness (QED) is 0.281. The predicted octanol–water partition coefficient (Wildman–Crippen LogP) is -7.71. The van der Waals surface area contributed by atoms with E-state index in [1.807, 2.05) is 0 Å². The van der Waals surface area contributed by atoms with Crippen LogP contribution in [-0.4, -0.2) is 27.6 Å². The van der Waals surface area contributed by atoms with Crippen molar-refractivity contribution >= 4 is 27.6 Å². The summed E-state index contributed by atoms with van der Waals surface area (Å²) in [5.74, 6) is 0. The van der Waals surface area contributed by atoms with Crippen molar-refractivity contribution in [1.29, 1.82) is 0 Å². The van der Waals surface area contributed by atoms with Crippen LogP contribution in [0.2, 0.25) is 0 Å². The molecule has 7 heteroatoms. The van der Waals surface area contributed by atoms with Crippen LogP contribution in [0.15, 0.2) is 0 Å². The van der Waals surface area contributed by atoms with Crippen molar-refractivity contribution in [3.8, 4) is 0 Å². The van der Waals surface area contributed by atoms with Gasteiger partial charge in [-0.3, -0.25) is 7.32 Å². The fourth-order valence-corrected chi connectivity index (χ4v) is 0. The SMILES string of the molecule is [Be+2].[Be+2].[F-].[O-]B([O-])[O-]. The van der Waals surface area contributed by atoms with E-state index in [1.165, 1.54) is 0 Å². The summed E-state index contributed by atoms with van der Waals surface area (Å²) in [5, 5.41) is 25.2. The standard InChI is InChI=1S/BO3.2Be.FH/c2-1(3)4;;;/h;;;1H/q-3;2*+2;/p-1. The molecule has 0 rings (SSSR count). The van der Waals surface area contributed by atoms with E-state index in [4.69, 9.17) is 15.1 Å². The Bertz CT molecular complexity index is 17.7. The van der Waals surface area contributed by atoms with Gasteiger partial charge in [0, 0.05) is 0 Å². The van der Waals surface area contributed by atoms with E-state index >= 15 is 0 Å². The molecule has 0 aromatic heterocycles. The molecule has 0 unspecified atom stereocenters. The van der Waals surface area contributed by atoms with Gasteiger partial charge in [-0.1, -0.05) is 0 Å². The molecule has 0 spiro atoms. The zero-order chi connectivity index (χ0) is 3.58. The first-order valence-electron chi connectivity index (χ1n) is 0.707. The molecule has 0 bridgehead atoms. The van der Waals surface area contributed by atoms with Crippen molar-refractivity contribution in [2.45, 2.75) is 0 Å². The van der Waals surface area contributed by atoms with E-state index in [2.05, 4.69) is 0 Å². The second-order valence-corrected chi connectivity index (χ2v) is 0.289. The second-order valence-electron chi connectivity index (χ2n) is 0.289. The predicted molar refractivity (Wildman–Crippen MR) is 17.3 cm³/mol. The van der Waals surface area contributed by atoms with Gasteiger partial charge in [0.15, 0.2) is 0 Å². The summed E-state index contributed by atoms with van der Waals surface area (Å²) < 4.78 is 0. The number of hydrogen-bond donors (Lipinski definition) is 0. The molecule has 0 N–H and O–H groups in total. The molecule has 0 aromatic carbocycles. The molecule has 0 fully saturated rings. The average Bonchev–Trinajstić information content (AvgIpc) is 0.811. The molecule has 0 aliphatic rings. The third-order valence-corrected chi connectivity index (χ3v) is 0. The van der Waals surface area contributed by atoms with E-state index in [0.717, 1.165) is 0 Å². The van der Waals surface area contributed by atoms with Crippen LogP contribution >= 0.6 is 0 Å². The van der Waals surface area contributed by atoms with Crippen molar-refractivity contribution in [3.63, 3.8) is 0 Å². The van der Waals surface area contributed by atoms with Gasteiger partial charge in [0.25, 0.3) is 0 Å². The van der Waals surface area contributed by atoms with E-state index in [0.29, 0.717) is 0 Å². The minimum absolute atomic E-state index is 0. The van der Waals surface area contributed by atoms with Crippen molar-refractivity contribution in [3.05, 3.63) is 0 Å². The summed E-state index contributed by atoms with van der Waals surface area (Å²) in [4.78, 5) is 0. The van der Waals surface area contributed by atoms with Gasteiger partial charge in [-0.2, -0.15) is 0 Å². The van der Waals surface area contributed by atoms with Crippen LogP contribution in [0, 0.1) is 0 Å². The molecule has 32 valence electrons. The Labute approximate surface area is 48.3 Å². The summed E-state index contributed by atoms with van der Waals surface area (Å²) >= 11 is 0. The summed E-state index contributed by atoms with van der Waals surface area (Å²) in [6.45, 7) is 0. The van der Waals surface area contributed by atoms with Gasteiger partial charge in [-0.15, -0.1) is 0 Å². The second kappa shape index (κ2) is 16.4. The van der Waals surface area contributed by atoms with E-state index in [1.54, 1.807) is 0 Å². The van der Waals surface area contributed by atoms with Crippen LogP contribution in [0.1, 0.15) is 0 Å². The summed E-state index contributed by atoms with van der Waals surface area (Å²) in [6, 6.07) is 0. The van der Waals surface area contributed by atoms with Crippen LogP contribution in [0.5, 0.6) is 0 Å². The molecule has 0 aliphatic heterocycles. The van der Waals surface area contributed by atoms with Crippen LogP contribution < -0.4 is 19.8 Å². The van der Waals surface area contributed by atoms with Crippen molar-refractivity contribution in [2.75, 3.05) is 0 Å². The van der Waals surface area contributed by atoms with E-state index < -0.39 is 7.32 Å². The molecule has 3 nitrogen and oxygen atoms in total. The molecule has 0 heterocycles. The Kier molecular flexibility index (Phi) is 63.0. The Hall–Kier alpha value is 0.213. The number of halogens is 1. The number of hydrogen-bond acceptors (Lipinski definition) is 3. The van der Waals surface area contributed by atoms with Crippen molar-refractivity contribution < 1.29 is 19.8 Å². The Morgan fingerprint density at radius 1 is 0.857 bits per heavy atom. The molecule has 0 amide bonds. The molecule has 0 radical (unpaired) electrons. The molecule has 0 saturated carbocycles. The minimum Gasteiger partial charge on any atom is -1.00 e. The van der Waals surface area contributed by atoms with Gasteiger partial charge in [0.2, 0.25) is 0 Å². The molecule has 7 heavy (non-hydrogen) atoms. The minimum atomic E-state index is -2.92. The topological polar surface area (TPSA) is 69.2 Å². The van der Waals surface area contributed by atoms with Gasteiger partial charge in [0.05, 0.1) is 0 Å². The van der Waals surface area contributed by atoms with Gasteiger partial charge in [-0.25, -0.2) is 0 Å². The molecule has 0 atom stereocenters. The third-order valence-electron chi connectivity index (χ3n) is 0. The van der Waals surface area contributed by atoms with Crippen LogP contribution in [0.4, 0.5) is 0 Å². The smallest absolute Gasteiger partial charge is 1.00 e. The van der Waals surface area contributed by atoms with Crippen molar-refractivity contribution in [1.82, 2.24) is 0 Å². The largest absolute Gasteiger partial charge is 2.00 e. The Morgan fingerprint density at radius 3 is 0.857 bits per heavy atom. The van der Waals surface area contributed by atoms with E-state index in [-0.39, 0.29) is 24.9 Å². The summed E-state index contributed by atoms with van der Waals surface area (Å²) in [7, 11) is -2.92. The Morgan fingerprint density at radius 2 is 0.857 bits per heavy atom. The zero-order valence-electron chi connectivity index (χ0n) is 3.59. The summed E-state index contributed by atoms with van der Waals surface area (Å²) in [6.07, 6.45) is 0. The summed E-state index contributed by atoms with van der Waals surface area (Å²) in [5.41, 5.74) is 0. The normalized spacial score (nSPS) is 3.86. The van der Waals surface area contributed by atoms with Crippen LogP contribution in [0.3, 0.4) is 0 Å². The first-order valence-corrected chi connectivity index (χ1v) is 0.707. The average molecular weight is 95.8 g/mol. The molecule has 0 aliphatic carbocycles. The molecular formula is BBe2FO3. The van der Waals surface area contributed by atoms with E-state index in [9.17, 15) is 0 Å². The molecule has 0 saturated heterocycles. The van der Waals surface area contributed by atoms with Crippen molar-refractivity contribution in [2.24, 2.45) is 0 Å². The fourth-order valence-electron chi connectivity index (χ4n) is 0. The molecule has 0 aromatic rings. The Balaban J connectivity index is -0.0000000150. The maximum atomic E-state index is 8.42. The van der Waals surface area contributed by atoms with Gasteiger partial charge in [-0.05, 0) is 0 Å². The zero-order valence-corrected chi connectivity index (χ0v) is 3.59. The van der Waals surface area contributed by atoms with Gasteiger partial charge < -0.3 is 19.8 Å². The molecular weight excluding hydrogens is 95.8 g/mol. The third kappa shape index (κ3) is 2440. The van der Waals surface area contributed by atoms with Crippen LogP contribution in [0.25, 0.3) is 0 Å². The number of rotatable bonds is 0. The van der Waals surface area contributed by atoms with Crippen LogP contribution in [-0.2, 0) is 0 Å². The monoisotopic (exact) mass is 96.0 g/mol.